The first-order chi connectivity index (χ1) is 16.1. The number of phenols is 1. The van der Waals surface area contributed by atoms with Crippen LogP contribution in [0.15, 0.2) is 24.5 Å². The number of nitrogens with zero attached hydrogens (tertiary/aromatic N) is 2. The minimum atomic E-state index is -2.67. The molecule has 2 fully saturated rings. The summed E-state index contributed by atoms with van der Waals surface area (Å²) in [5, 5.41) is 21.7. The van der Waals surface area contributed by atoms with Gasteiger partial charge in [-0.05, 0) is 36.0 Å². The number of fused-ring (bicyclic) bond motifs is 3. The van der Waals surface area contributed by atoms with Crippen LogP contribution in [-0.4, -0.2) is 54.8 Å². The molecule has 0 bridgehead atoms. The van der Waals surface area contributed by atoms with Gasteiger partial charge in [0.15, 0.2) is 34.7 Å². The lowest BCUT2D eigenvalue weighted by molar-refractivity contribution is -0.175. The van der Waals surface area contributed by atoms with E-state index in [4.69, 9.17) is 11.5 Å². The second-order valence-corrected chi connectivity index (χ2v) is 9.06. The Balaban J connectivity index is 1.61. The van der Waals surface area contributed by atoms with E-state index in [9.17, 15) is 34.2 Å². The van der Waals surface area contributed by atoms with Crippen LogP contribution < -0.4 is 11.5 Å². The van der Waals surface area contributed by atoms with E-state index in [0.717, 1.165) is 0 Å². The van der Waals surface area contributed by atoms with Crippen LogP contribution in [0.25, 0.3) is 11.1 Å². The van der Waals surface area contributed by atoms with Crippen LogP contribution in [0.5, 0.6) is 5.75 Å². The minimum absolute atomic E-state index is 0.0222. The van der Waals surface area contributed by atoms with Crippen molar-refractivity contribution >= 4 is 35.0 Å². The highest BCUT2D eigenvalue weighted by Gasteiger charge is 2.66. The van der Waals surface area contributed by atoms with Crippen molar-refractivity contribution in [2.45, 2.75) is 24.9 Å². The summed E-state index contributed by atoms with van der Waals surface area (Å²) in [6, 6.07) is 2.91. The van der Waals surface area contributed by atoms with Crippen molar-refractivity contribution in [2.24, 2.45) is 29.4 Å². The number of amides is 1. The van der Waals surface area contributed by atoms with Crippen LogP contribution >= 0.6 is 0 Å². The molecule has 0 radical (unpaired) electrons. The van der Waals surface area contributed by atoms with Gasteiger partial charge in [0, 0.05) is 30.3 Å². The maximum absolute atomic E-state index is 13.5. The molecule has 5 atom stereocenters. The predicted molar refractivity (Wildman–Crippen MR) is 114 cm³/mol. The number of carbonyl (C=O) groups is 5. The molecule has 5 rings (SSSR count). The summed E-state index contributed by atoms with van der Waals surface area (Å²) < 4.78 is 0. The Morgan fingerprint density at radius 2 is 1.74 bits per heavy atom. The molecule has 2 unspecified atom stereocenters. The molecular weight excluding hydrogens is 444 g/mol. The predicted octanol–water partition coefficient (Wildman–Crippen LogP) is -0.634. The molecule has 3 aliphatic rings. The lowest BCUT2D eigenvalue weighted by Gasteiger charge is -2.48. The molecule has 11 heteroatoms. The minimum Gasteiger partial charge on any atom is -0.507 e. The largest absolute Gasteiger partial charge is 0.507 e. The van der Waals surface area contributed by atoms with Crippen LogP contribution in [0.3, 0.4) is 0 Å². The van der Waals surface area contributed by atoms with E-state index in [1.165, 1.54) is 18.5 Å². The highest BCUT2D eigenvalue weighted by molar-refractivity contribution is 6.31. The van der Waals surface area contributed by atoms with Crippen molar-refractivity contribution < 1.29 is 34.2 Å². The van der Waals surface area contributed by atoms with E-state index in [-0.39, 0.29) is 36.5 Å². The summed E-state index contributed by atoms with van der Waals surface area (Å²) >= 11 is 0. The van der Waals surface area contributed by atoms with E-state index < -0.39 is 58.3 Å². The van der Waals surface area contributed by atoms with Gasteiger partial charge in [-0.15, -0.1) is 0 Å². The van der Waals surface area contributed by atoms with Crippen LogP contribution in [0.2, 0.25) is 0 Å². The van der Waals surface area contributed by atoms with Gasteiger partial charge in [-0.1, -0.05) is 6.07 Å². The van der Waals surface area contributed by atoms with Gasteiger partial charge in [0.2, 0.25) is 11.9 Å². The van der Waals surface area contributed by atoms with Gasteiger partial charge < -0.3 is 21.7 Å². The van der Waals surface area contributed by atoms with Gasteiger partial charge in [-0.2, -0.15) is 0 Å². The zero-order chi connectivity index (χ0) is 24.5. The monoisotopic (exact) mass is 464 g/mol. The number of aromatic nitrogens is 2. The third-order valence-corrected chi connectivity index (χ3v) is 7.27. The van der Waals surface area contributed by atoms with Crippen LogP contribution in [0.4, 0.5) is 5.95 Å². The smallest absolute Gasteiger partial charge is 0.235 e. The fraction of sp³-hybridized carbons (Fsp3) is 0.348. The number of hydrogen-bond acceptors (Lipinski definition) is 10. The molecule has 0 aliphatic heterocycles. The molecule has 3 aliphatic carbocycles. The standard InChI is InChI=1S/C23H20N4O7/c24-21(33)17-14(29)5-10-3-8-4-12-11(9-6-26-22(25)27-7-9)1-2-13(28)16(12)18(30)15(8)19(31)23(10,34)20(17)32/h1-2,6-8,10,15,17,28,34H,3-5H2,(H2,24,33)(H2,25,26,27)/t8-,10+,15?,17?,23+/m1/s1. The lowest BCUT2D eigenvalue weighted by Crippen LogP contribution is -2.68. The number of phenolic OH excluding ortho intramolecular Hbond substituents is 1. The van der Waals surface area contributed by atoms with E-state index in [1.54, 1.807) is 6.07 Å². The van der Waals surface area contributed by atoms with Crippen LogP contribution in [0, 0.1) is 23.7 Å². The summed E-state index contributed by atoms with van der Waals surface area (Å²) in [5.41, 5.74) is 9.56. The number of nitrogen functional groups attached to an aromatic ring is 1. The van der Waals surface area contributed by atoms with Crippen molar-refractivity contribution in [3.63, 3.8) is 0 Å². The number of hydrogen-bond donors (Lipinski definition) is 4. The van der Waals surface area contributed by atoms with Crippen LogP contribution in [-0.2, 0) is 25.6 Å². The number of rotatable bonds is 2. The fourth-order valence-corrected chi connectivity index (χ4v) is 5.71. The van der Waals surface area contributed by atoms with E-state index >= 15 is 0 Å². The second-order valence-electron chi connectivity index (χ2n) is 9.06. The summed E-state index contributed by atoms with van der Waals surface area (Å²) in [6.07, 6.45) is 2.75. The number of carbonyl (C=O) groups excluding carboxylic acids is 5. The molecular formula is C23H20N4O7. The molecule has 34 heavy (non-hydrogen) atoms. The molecule has 0 spiro atoms. The van der Waals surface area contributed by atoms with E-state index in [0.29, 0.717) is 16.7 Å². The van der Waals surface area contributed by atoms with Gasteiger partial charge in [0.1, 0.15) is 5.75 Å². The highest BCUT2D eigenvalue weighted by Crippen LogP contribution is 2.51. The number of ketones is 4. The maximum atomic E-state index is 13.5. The fourth-order valence-electron chi connectivity index (χ4n) is 5.71. The Hall–Kier alpha value is -3.99. The molecule has 2 aromatic rings. The molecule has 174 valence electrons. The second kappa shape index (κ2) is 7.26. The number of benzene rings is 1. The van der Waals surface area contributed by atoms with Gasteiger partial charge in [0.05, 0.1) is 11.5 Å². The number of aromatic hydroxyl groups is 1. The summed E-state index contributed by atoms with van der Waals surface area (Å²) in [5.74, 6) is -10.4. The Labute approximate surface area is 192 Å². The van der Waals surface area contributed by atoms with Crippen LogP contribution in [0.1, 0.15) is 28.8 Å². The summed E-state index contributed by atoms with van der Waals surface area (Å²) in [6.45, 7) is 0. The molecule has 1 aromatic carbocycles. The molecule has 1 heterocycles. The molecule has 6 N–H and O–H groups in total. The molecule has 0 saturated heterocycles. The Kier molecular flexibility index (Phi) is 4.66. The average molecular weight is 464 g/mol. The first-order valence-electron chi connectivity index (χ1n) is 10.7. The number of primary amides is 1. The number of aliphatic hydroxyl groups is 1. The maximum Gasteiger partial charge on any atom is 0.235 e. The van der Waals surface area contributed by atoms with Crippen molar-refractivity contribution in [2.75, 3.05) is 5.73 Å². The molecule has 1 aromatic heterocycles. The molecule has 2 saturated carbocycles. The number of Topliss-reactive ketones (excluding diaryl/α,β-unsaturated/α-hetero) is 4. The Morgan fingerprint density at radius 3 is 2.38 bits per heavy atom. The van der Waals surface area contributed by atoms with E-state index in [1.807, 2.05) is 0 Å². The van der Waals surface area contributed by atoms with Gasteiger partial charge in [-0.25, -0.2) is 9.97 Å². The zero-order valence-electron chi connectivity index (χ0n) is 17.7. The van der Waals surface area contributed by atoms with Crippen molar-refractivity contribution in [1.82, 2.24) is 9.97 Å². The van der Waals surface area contributed by atoms with Crippen molar-refractivity contribution in [3.05, 3.63) is 35.7 Å². The first-order valence-corrected chi connectivity index (χ1v) is 10.7. The average Bonchev–Trinajstić information content (AvgIpc) is 2.77. The molecule has 11 nitrogen and oxygen atoms in total. The zero-order valence-corrected chi connectivity index (χ0v) is 17.7. The SMILES string of the molecule is NC(=O)C1C(=O)C[C@@H]2C[C@@H]3Cc4c(-c5cnc(N)nc5)ccc(O)c4C(=O)C3C(=O)[C@]2(O)C1=O. The van der Waals surface area contributed by atoms with Crippen molar-refractivity contribution in [1.29, 1.82) is 0 Å². The number of nitrogens with two attached hydrogens (primary N) is 2. The highest BCUT2D eigenvalue weighted by atomic mass is 16.3. The topological polar surface area (TPSA) is 204 Å². The Morgan fingerprint density at radius 1 is 1.06 bits per heavy atom. The quantitative estimate of drug-likeness (QED) is 0.414. The first kappa shape index (κ1) is 21.8. The van der Waals surface area contributed by atoms with Gasteiger partial charge in [0.25, 0.3) is 0 Å². The van der Waals surface area contributed by atoms with E-state index in [2.05, 4.69) is 9.97 Å². The van der Waals surface area contributed by atoms with Gasteiger partial charge in [-0.3, -0.25) is 24.0 Å². The normalized spacial score (nSPS) is 30.4. The van der Waals surface area contributed by atoms with Gasteiger partial charge >= 0.3 is 0 Å². The molecule has 1 amide bonds. The third-order valence-electron chi connectivity index (χ3n) is 7.27. The Bertz CT molecular complexity index is 1310. The summed E-state index contributed by atoms with van der Waals surface area (Å²) in [4.78, 5) is 71.9. The lowest BCUT2D eigenvalue weighted by atomic mass is 9.53. The van der Waals surface area contributed by atoms with Crippen molar-refractivity contribution in [3.8, 4) is 16.9 Å². The number of anilines is 1. The summed E-state index contributed by atoms with van der Waals surface area (Å²) in [7, 11) is 0. The third kappa shape index (κ3) is 2.83.